The summed E-state index contributed by atoms with van der Waals surface area (Å²) in [7, 11) is 0. The van der Waals surface area contributed by atoms with Gasteiger partial charge in [-0.2, -0.15) is 0 Å². The summed E-state index contributed by atoms with van der Waals surface area (Å²) in [6.07, 6.45) is 0. The van der Waals surface area contributed by atoms with Crippen LogP contribution in [0.1, 0.15) is 0 Å². The summed E-state index contributed by atoms with van der Waals surface area (Å²) < 4.78 is 5.09. The highest BCUT2D eigenvalue weighted by Crippen LogP contribution is 2.31. The van der Waals surface area contributed by atoms with Crippen LogP contribution < -0.4 is 15.0 Å². The van der Waals surface area contributed by atoms with Crippen molar-refractivity contribution >= 4 is 46.8 Å². The molecule has 0 saturated heterocycles. The molecule has 0 saturated carbocycles. The van der Waals surface area contributed by atoms with Crippen LogP contribution in [0.3, 0.4) is 0 Å². The molecule has 136 valence electrons. The number of nitrogens with zero attached hydrogens (tertiary/aromatic N) is 1. The van der Waals surface area contributed by atoms with E-state index < -0.39 is 43.5 Å². The lowest BCUT2D eigenvalue weighted by Gasteiger charge is -2.23. The van der Waals surface area contributed by atoms with Gasteiger partial charge in [0.15, 0.2) is 6.61 Å². The fraction of sp³-hybridized carbons (Fsp3) is 0.286. The Labute approximate surface area is 146 Å². The quantitative estimate of drug-likeness (QED) is 0.423. The molecule has 0 unspecified atom stereocenters. The SMILES string of the molecule is O=C(O)COc1cc(NC(=O)CCl)ccc1N(CC(=O)O)CC(=O)O. The summed E-state index contributed by atoms with van der Waals surface area (Å²) in [6, 6.07) is 3.94. The predicted octanol–water partition coefficient (Wildman–Crippen LogP) is 0.303. The fourth-order valence-electron chi connectivity index (χ4n) is 1.86. The van der Waals surface area contributed by atoms with E-state index in [1.807, 2.05) is 0 Å². The molecule has 0 bridgehead atoms. The number of carboxylic acids is 3. The van der Waals surface area contributed by atoms with Crippen molar-refractivity contribution in [1.82, 2.24) is 0 Å². The van der Waals surface area contributed by atoms with Crippen molar-refractivity contribution in [2.45, 2.75) is 0 Å². The van der Waals surface area contributed by atoms with Gasteiger partial charge >= 0.3 is 17.9 Å². The lowest BCUT2D eigenvalue weighted by molar-refractivity contribution is -0.140. The molecule has 0 fully saturated rings. The van der Waals surface area contributed by atoms with Gasteiger partial charge in [-0.05, 0) is 12.1 Å². The van der Waals surface area contributed by atoms with Crippen LogP contribution in [0.25, 0.3) is 0 Å². The van der Waals surface area contributed by atoms with Gasteiger partial charge in [0.1, 0.15) is 24.7 Å². The number of carbonyl (C=O) groups excluding carboxylic acids is 1. The number of amides is 1. The van der Waals surface area contributed by atoms with Gasteiger partial charge in [0.25, 0.3) is 0 Å². The molecule has 0 spiro atoms. The Bertz CT molecular complexity index is 663. The van der Waals surface area contributed by atoms with E-state index in [0.717, 1.165) is 4.90 Å². The Morgan fingerprint density at radius 1 is 1.04 bits per heavy atom. The summed E-state index contributed by atoms with van der Waals surface area (Å²) in [5, 5.41) is 29.0. The van der Waals surface area contributed by atoms with Crippen molar-refractivity contribution in [2.75, 3.05) is 35.8 Å². The standard InChI is InChI=1S/C14H15ClN2O8/c15-4-11(18)16-8-1-2-9(10(3-8)25-7-14(23)24)17(5-12(19)20)6-13(21)22/h1-3H,4-7H2,(H,16,18)(H,19,20)(H,21,22)(H,23,24). The highest BCUT2D eigenvalue weighted by Gasteiger charge is 2.19. The molecule has 1 aromatic rings. The van der Waals surface area contributed by atoms with E-state index in [4.69, 9.17) is 31.7 Å². The van der Waals surface area contributed by atoms with Gasteiger partial charge < -0.3 is 30.3 Å². The molecule has 0 aliphatic carbocycles. The van der Waals surface area contributed by atoms with E-state index in [-0.39, 0.29) is 23.0 Å². The number of carbonyl (C=O) groups is 4. The summed E-state index contributed by atoms with van der Waals surface area (Å²) in [6.45, 7) is -2.04. The van der Waals surface area contributed by atoms with E-state index in [9.17, 15) is 19.2 Å². The second-order valence-electron chi connectivity index (χ2n) is 4.69. The molecule has 25 heavy (non-hydrogen) atoms. The molecule has 4 N–H and O–H groups in total. The highest BCUT2D eigenvalue weighted by atomic mass is 35.5. The Morgan fingerprint density at radius 2 is 1.64 bits per heavy atom. The highest BCUT2D eigenvalue weighted by molar-refractivity contribution is 6.29. The average Bonchev–Trinajstić information content (AvgIpc) is 2.51. The number of hydrogen-bond donors (Lipinski definition) is 4. The summed E-state index contributed by atoms with van der Waals surface area (Å²) >= 11 is 5.38. The smallest absolute Gasteiger partial charge is 0.341 e. The number of alkyl halides is 1. The first-order valence-corrected chi connectivity index (χ1v) is 7.29. The molecule has 10 nitrogen and oxygen atoms in total. The zero-order valence-electron chi connectivity index (χ0n) is 12.8. The molecule has 1 rings (SSSR count). The van der Waals surface area contributed by atoms with E-state index in [0.29, 0.717) is 0 Å². The minimum Gasteiger partial charge on any atom is -0.480 e. The van der Waals surface area contributed by atoms with Crippen molar-refractivity contribution in [1.29, 1.82) is 0 Å². The van der Waals surface area contributed by atoms with Crippen LogP contribution >= 0.6 is 11.6 Å². The van der Waals surface area contributed by atoms with Crippen molar-refractivity contribution < 1.29 is 39.2 Å². The monoisotopic (exact) mass is 374 g/mol. The number of hydrogen-bond acceptors (Lipinski definition) is 6. The van der Waals surface area contributed by atoms with Gasteiger partial charge in [-0.25, -0.2) is 4.79 Å². The van der Waals surface area contributed by atoms with Crippen molar-refractivity contribution in [3.8, 4) is 5.75 Å². The third kappa shape index (κ3) is 6.96. The molecule has 0 aliphatic heterocycles. The number of halogens is 1. The maximum Gasteiger partial charge on any atom is 0.341 e. The van der Waals surface area contributed by atoms with Crippen LogP contribution in [0.4, 0.5) is 11.4 Å². The minimum absolute atomic E-state index is 0.0509. The Morgan fingerprint density at radius 3 is 2.12 bits per heavy atom. The fourth-order valence-corrected chi connectivity index (χ4v) is 1.92. The van der Waals surface area contributed by atoms with E-state index in [1.54, 1.807) is 0 Å². The van der Waals surface area contributed by atoms with Gasteiger partial charge in [0, 0.05) is 11.8 Å². The lowest BCUT2D eigenvalue weighted by atomic mass is 10.2. The third-order valence-electron chi connectivity index (χ3n) is 2.71. The molecule has 0 aliphatic rings. The summed E-state index contributed by atoms with van der Waals surface area (Å²) in [5.41, 5.74) is 0.273. The molecule has 1 aromatic carbocycles. The first-order chi connectivity index (χ1) is 11.7. The van der Waals surface area contributed by atoms with E-state index in [1.165, 1.54) is 18.2 Å². The van der Waals surface area contributed by atoms with E-state index in [2.05, 4.69) is 5.32 Å². The first-order valence-electron chi connectivity index (χ1n) is 6.76. The lowest BCUT2D eigenvalue weighted by Crippen LogP contribution is -2.34. The predicted molar refractivity (Wildman–Crippen MR) is 86.4 cm³/mol. The van der Waals surface area contributed by atoms with Crippen molar-refractivity contribution in [2.24, 2.45) is 0 Å². The van der Waals surface area contributed by atoms with Crippen LogP contribution in [0, 0.1) is 0 Å². The van der Waals surface area contributed by atoms with Crippen LogP contribution in [-0.4, -0.2) is 64.7 Å². The molecule has 0 heterocycles. The topological polar surface area (TPSA) is 153 Å². The zero-order chi connectivity index (χ0) is 19.0. The Balaban J connectivity index is 3.23. The van der Waals surface area contributed by atoms with Gasteiger partial charge in [-0.15, -0.1) is 11.6 Å². The second kappa shape index (κ2) is 9.33. The van der Waals surface area contributed by atoms with Gasteiger partial charge in [-0.3, -0.25) is 14.4 Å². The number of aliphatic carboxylic acids is 3. The maximum atomic E-state index is 11.3. The summed E-state index contributed by atoms with van der Waals surface area (Å²) in [5.74, 6) is -4.79. The van der Waals surface area contributed by atoms with Crippen LogP contribution in [-0.2, 0) is 19.2 Å². The van der Waals surface area contributed by atoms with Gasteiger partial charge in [0.05, 0.1) is 5.69 Å². The summed E-state index contributed by atoms with van der Waals surface area (Å²) in [4.78, 5) is 44.9. The number of rotatable bonds is 10. The normalized spacial score (nSPS) is 9.96. The van der Waals surface area contributed by atoms with Crippen LogP contribution in [0.5, 0.6) is 5.75 Å². The van der Waals surface area contributed by atoms with Crippen molar-refractivity contribution in [3.05, 3.63) is 18.2 Å². The molecule has 1 amide bonds. The van der Waals surface area contributed by atoms with Crippen LogP contribution in [0.2, 0.25) is 0 Å². The molecular weight excluding hydrogens is 360 g/mol. The number of ether oxygens (including phenoxy) is 1. The number of nitrogens with one attached hydrogen (secondary N) is 1. The Kier molecular flexibility index (Phi) is 7.47. The molecule has 11 heteroatoms. The maximum absolute atomic E-state index is 11.3. The molecular formula is C14H15ClN2O8. The molecule has 0 aromatic heterocycles. The number of benzene rings is 1. The number of carboxylic acid groups (broad SMARTS) is 3. The average molecular weight is 375 g/mol. The molecule has 0 atom stereocenters. The number of anilines is 2. The molecule has 0 radical (unpaired) electrons. The third-order valence-corrected chi connectivity index (χ3v) is 2.95. The van der Waals surface area contributed by atoms with Crippen LogP contribution in [0.15, 0.2) is 18.2 Å². The Hall–Kier alpha value is -3.01. The largest absolute Gasteiger partial charge is 0.480 e. The minimum atomic E-state index is -1.29. The van der Waals surface area contributed by atoms with E-state index >= 15 is 0 Å². The second-order valence-corrected chi connectivity index (χ2v) is 4.96. The van der Waals surface area contributed by atoms with Crippen molar-refractivity contribution in [3.63, 3.8) is 0 Å². The van der Waals surface area contributed by atoms with Gasteiger partial charge in [-0.1, -0.05) is 0 Å². The van der Waals surface area contributed by atoms with Gasteiger partial charge in [0.2, 0.25) is 5.91 Å². The zero-order valence-corrected chi connectivity index (χ0v) is 13.5. The first kappa shape index (κ1) is 20.0.